The molecule has 1 atom stereocenters. The maximum absolute atomic E-state index is 11.8. The Hall–Kier alpha value is -1.43. The Morgan fingerprint density at radius 3 is 2.88 bits per heavy atom. The number of carbonyl (C=O) groups is 1. The van der Waals surface area contributed by atoms with Crippen LogP contribution in [0.1, 0.15) is 23.7 Å². The zero-order valence-corrected chi connectivity index (χ0v) is 10.9. The van der Waals surface area contributed by atoms with E-state index in [2.05, 4.69) is 21.2 Å². The first kappa shape index (κ1) is 13.6. The Kier molecular flexibility index (Phi) is 5.09. The zero-order valence-electron chi connectivity index (χ0n) is 9.35. The van der Waals surface area contributed by atoms with Gasteiger partial charge in [-0.25, -0.2) is 0 Å². The molecule has 1 aromatic carbocycles. The molecule has 1 N–H and O–H groups in total. The molecule has 0 radical (unpaired) electrons. The summed E-state index contributed by atoms with van der Waals surface area (Å²) in [4.78, 5) is 21.8. The third-order valence-corrected chi connectivity index (χ3v) is 2.70. The van der Waals surface area contributed by atoms with Crippen LogP contribution in [0.4, 0.5) is 5.69 Å². The standard InChI is InChI=1S/C11H13BrN2O3/c1-8(5-6-12)13-11(15)9-3-2-4-10(7-9)14(16)17/h2-4,7-8H,5-6H2,1H3,(H,13,15). The summed E-state index contributed by atoms with van der Waals surface area (Å²) in [6.45, 7) is 1.89. The second-order valence-corrected chi connectivity index (χ2v) is 4.45. The third-order valence-electron chi connectivity index (χ3n) is 2.24. The van der Waals surface area contributed by atoms with Gasteiger partial charge in [0.1, 0.15) is 0 Å². The SMILES string of the molecule is CC(CCBr)NC(=O)c1cccc([N+](=O)[O-])c1. The number of non-ortho nitro benzene ring substituents is 1. The predicted molar refractivity (Wildman–Crippen MR) is 68.4 cm³/mol. The van der Waals surface area contributed by atoms with Crippen LogP contribution in [0.3, 0.4) is 0 Å². The van der Waals surface area contributed by atoms with Gasteiger partial charge in [-0.3, -0.25) is 14.9 Å². The molecule has 1 amide bonds. The second kappa shape index (κ2) is 6.34. The third kappa shape index (κ3) is 4.14. The molecule has 0 spiro atoms. The molecule has 1 aromatic rings. The van der Waals surface area contributed by atoms with Crippen molar-refractivity contribution in [1.29, 1.82) is 0 Å². The molecule has 0 saturated carbocycles. The summed E-state index contributed by atoms with van der Waals surface area (Å²) in [5.41, 5.74) is 0.228. The van der Waals surface area contributed by atoms with Crippen LogP contribution in [0.15, 0.2) is 24.3 Å². The number of alkyl halides is 1. The number of nitro benzene ring substituents is 1. The Morgan fingerprint density at radius 2 is 2.29 bits per heavy atom. The van der Waals surface area contributed by atoms with E-state index in [0.29, 0.717) is 5.56 Å². The molecule has 6 heteroatoms. The molecule has 0 heterocycles. The Morgan fingerprint density at radius 1 is 1.59 bits per heavy atom. The Labute approximate surface area is 107 Å². The molecule has 0 aliphatic carbocycles. The van der Waals surface area contributed by atoms with Gasteiger partial charge < -0.3 is 5.32 Å². The first-order valence-corrected chi connectivity index (χ1v) is 6.28. The van der Waals surface area contributed by atoms with Gasteiger partial charge in [-0.1, -0.05) is 22.0 Å². The summed E-state index contributed by atoms with van der Waals surface area (Å²) in [5, 5.41) is 14.1. The average Bonchev–Trinajstić information content (AvgIpc) is 2.29. The van der Waals surface area contributed by atoms with E-state index in [1.807, 2.05) is 6.92 Å². The summed E-state index contributed by atoms with van der Waals surface area (Å²) < 4.78 is 0. The van der Waals surface area contributed by atoms with E-state index >= 15 is 0 Å². The van der Waals surface area contributed by atoms with Crippen molar-refractivity contribution in [3.63, 3.8) is 0 Å². The van der Waals surface area contributed by atoms with Gasteiger partial charge in [0.25, 0.3) is 11.6 Å². The lowest BCUT2D eigenvalue weighted by molar-refractivity contribution is -0.384. The highest BCUT2D eigenvalue weighted by molar-refractivity contribution is 9.09. The van der Waals surface area contributed by atoms with E-state index in [4.69, 9.17) is 0 Å². The number of carbonyl (C=O) groups excluding carboxylic acids is 1. The van der Waals surface area contributed by atoms with Crippen molar-refractivity contribution in [1.82, 2.24) is 5.32 Å². The highest BCUT2D eigenvalue weighted by Gasteiger charge is 2.12. The minimum Gasteiger partial charge on any atom is -0.350 e. The summed E-state index contributed by atoms with van der Waals surface area (Å²) in [7, 11) is 0. The fourth-order valence-corrected chi connectivity index (χ4v) is 1.99. The van der Waals surface area contributed by atoms with Gasteiger partial charge in [0, 0.05) is 29.1 Å². The highest BCUT2D eigenvalue weighted by Crippen LogP contribution is 2.13. The molecule has 1 unspecified atom stereocenters. The molecule has 92 valence electrons. The Bertz CT molecular complexity index is 423. The molecule has 0 aliphatic heterocycles. The van der Waals surface area contributed by atoms with E-state index in [1.165, 1.54) is 18.2 Å². The largest absolute Gasteiger partial charge is 0.350 e. The number of hydrogen-bond donors (Lipinski definition) is 1. The molecule has 0 aromatic heterocycles. The highest BCUT2D eigenvalue weighted by atomic mass is 79.9. The smallest absolute Gasteiger partial charge is 0.270 e. The van der Waals surface area contributed by atoms with Gasteiger partial charge >= 0.3 is 0 Å². The van der Waals surface area contributed by atoms with Crippen LogP contribution in [-0.4, -0.2) is 22.2 Å². The topological polar surface area (TPSA) is 72.2 Å². The number of nitrogens with zero attached hydrogens (tertiary/aromatic N) is 1. The minimum atomic E-state index is -0.515. The molecular formula is C11H13BrN2O3. The van der Waals surface area contributed by atoms with Crippen LogP contribution in [0.25, 0.3) is 0 Å². The van der Waals surface area contributed by atoms with E-state index in [9.17, 15) is 14.9 Å². The lowest BCUT2D eigenvalue weighted by Crippen LogP contribution is -2.32. The van der Waals surface area contributed by atoms with Crippen LogP contribution in [0.5, 0.6) is 0 Å². The maximum Gasteiger partial charge on any atom is 0.270 e. The zero-order chi connectivity index (χ0) is 12.8. The van der Waals surface area contributed by atoms with Gasteiger partial charge in [0.05, 0.1) is 4.92 Å². The van der Waals surface area contributed by atoms with Gasteiger partial charge in [-0.2, -0.15) is 0 Å². The van der Waals surface area contributed by atoms with Crippen LogP contribution >= 0.6 is 15.9 Å². The van der Waals surface area contributed by atoms with E-state index in [0.717, 1.165) is 11.8 Å². The van der Waals surface area contributed by atoms with Gasteiger partial charge in [0.2, 0.25) is 0 Å². The second-order valence-electron chi connectivity index (χ2n) is 3.66. The predicted octanol–water partition coefficient (Wildman–Crippen LogP) is 2.50. The summed E-state index contributed by atoms with van der Waals surface area (Å²) in [6.07, 6.45) is 0.806. The van der Waals surface area contributed by atoms with Crippen molar-refractivity contribution >= 4 is 27.5 Å². The van der Waals surface area contributed by atoms with Crippen LogP contribution < -0.4 is 5.32 Å². The molecule has 1 rings (SSSR count). The van der Waals surface area contributed by atoms with Crippen molar-refractivity contribution in [2.45, 2.75) is 19.4 Å². The quantitative estimate of drug-likeness (QED) is 0.516. The van der Waals surface area contributed by atoms with Gasteiger partial charge in [-0.15, -0.1) is 0 Å². The average molecular weight is 301 g/mol. The van der Waals surface area contributed by atoms with E-state index in [-0.39, 0.29) is 17.6 Å². The van der Waals surface area contributed by atoms with E-state index < -0.39 is 4.92 Å². The van der Waals surface area contributed by atoms with Crippen LogP contribution in [0.2, 0.25) is 0 Å². The number of halogens is 1. The number of hydrogen-bond acceptors (Lipinski definition) is 3. The Balaban J connectivity index is 2.75. The van der Waals surface area contributed by atoms with Crippen LogP contribution in [-0.2, 0) is 0 Å². The lowest BCUT2D eigenvalue weighted by atomic mass is 10.1. The van der Waals surface area contributed by atoms with E-state index in [1.54, 1.807) is 6.07 Å². The van der Waals surface area contributed by atoms with Crippen molar-refractivity contribution in [3.8, 4) is 0 Å². The first-order valence-electron chi connectivity index (χ1n) is 5.16. The van der Waals surface area contributed by atoms with Crippen molar-refractivity contribution in [2.75, 3.05) is 5.33 Å². The molecule has 0 bridgehead atoms. The molecule has 0 aliphatic rings. The molecule has 17 heavy (non-hydrogen) atoms. The molecular weight excluding hydrogens is 288 g/mol. The fraction of sp³-hybridized carbons (Fsp3) is 0.364. The van der Waals surface area contributed by atoms with Gasteiger partial charge in [-0.05, 0) is 19.4 Å². The number of nitrogens with one attached hydrogen (secondary N) is 1. The molecule has 0 fully saturated rings. The maximum atomic E-state index is 11.8. The van der Waals surface area contributed by atoms with Crippen molar-refractivity contribution < 1.29 is 9.72 Å². The van der Waals surface area contributed by atoms with Crippen LogP contribution in [0, 0.1) is 10.1 Å². The summed E-state index contributed by atoms with van der Waals surface area (Å²) in [6, 6.07) is 5.72. The van der Waals surface area contributed by atoms with Gasteiger partial charge in [0.15, 0.2) is 0 Å². The summed E-state index contributed by atoms with van der Waals surface area (Å²) in [5.74, 6) is -0.290. The summed E-state index contributed by atoms with van der Waals surface area (Å²) >= 11 is 3.29. The molecule has 5 nitrogen and oxygen atoms in total. The number of benzene rings is 1. The first-order chi connectivity index (χ1) is 8.04. The number of rotatable bonds is 5. The minimum absolute atomic E-state index is 0.0288. The normalized spacial score (nSPS) is 11.9. The molecule has 0 saturated heterocycles. The van der Waals surface area contributed by atoms with Crippen molar-refractivity contribution in [3.05, 3.63) is 39.9 Å². The van der Waals surface area contributed by atoms with Crippen molar-refractivity contribution in [2.24, 2.45) is 0 Å². The monoisotopic (exact) mass is 300 g/mol. The number of amides is 1. The lowest BCUT2D eigenvalue weighted by Gasteiger charge is -2.12. The number of nitro groups is 1. The fourth-order valence-electron chi connectivity index (χ4n) is 1.30.